The number of benzene rings is 1. The smallest absolute Gasteiger partial charge is 0.131 e. The van der Waals surface area contributed by atoms with E-state index >= 15 is 0 Å². The summed E-state index contributed by atoms with van der Waals surface area (Å²) in [7, 11) is 0. The lowest BCUT2D eigenvalue weighted by Gasteiger charge is -2.16. The summed E-state index contributed by atoms with van der Waals surface area (Å²) in [5, 5.41) is 0. The van der Waals surface area contributed by atoms with Crippen molar-refractivity contribution in [3.63, 3.8) is 0 Å². The Balaban J connectivity index is 2.23. The highest BCUT2D eigenvalue weighted by Gasteiger charge is 2.17. The topological polar surface area (TPSA) is 18.5 Å². The molecule has 0 saturated heterocycles. The standard InChI is InChI=1S/C26H40O2S/c1-7-9-11-13-15-27-24-18-25(28-16-14-12-10-8-2)23(17-19(24)3)26-21(5)20(4)22(6)29-26/h17-18H,7-16H2,1-6H3. The van der Waals surface area contributed by atoms with E-state index in [-0.39, 0.29) is 0 Å². The van der Waals surface area contributed by atoms with Crippen molar-refractivity contribution in [2.45, 2.75) is 92.9 Å². The third-order valence-corrected chi connectivity index (χ3v) is 7.06. The maximum Gasteiger partial charge on any atom is 0.131 e. The first-order chi connectivity index (χ1) is 14.0. The molecule has 1 aromatic heterocycles. The highest BCUT2D eigenvalue weighted by Crippen LogP contribution is 2.43. The number of hydrogen-bond donors (Lipinski definition) is 0. The number of hydrogen-bond acceptors (Lipinski definition) is 3. The fraction of sp³-hybridized carbons (Fsp3) is 0.615. The summed E-state index contributed by atoms with van der Waals surface area (Å²) >= 11 is 1.88. The van der Waals surface area contributed by atoms with Crippen LogP contribution in [0.25, 0.3) is 10.4 Å². The molecule has 0 radical (unpaired) electrons. The number of rotatable bonds is 13. The Morgan fingerprint density at radius 2 is 1.28 bits per heavy atom. The van der Waals surface area contributed by atoms with E-state index in [2.05, 4.69) is 53.7 Å². The van der Waals surface area contributed by atoms with Crippen LogP contribution in [0.3, 0.4) is 0 Å². The van der Waals surface area contributed by atoms with Gasteiger partial charge in [-0.15, -0.1) is 11.3 Å². The molecule has 29 heavy (non-hydrogen) atoms. The molecule has 1 aromatic carbocycles. The van der Waals surface area contributed by atoms with Crippen LogP contribution < -0.4 is 9.47 Å². The molecule has 0 N–H and O–H groups in total. The molecule has 2 aromatic rings. The minimum Gasteiger partial charge on any atom is -0.493 e. The average Bonchev–Trinajstić information content (AvgIpc) is 2.96. The van der Waals surface area contributed by atoms with Gasteiger partial charge in [0, 0.05) is 21.4 Å². The lowest BCUT2D eigenvalue weighted by atomic mass is 10.0. The normalized spacial score (nSPS) is 11.1. The molecule has 0 amide bonds. The van der Waals surface area contributed by atoms with Crippen molar-refractivity contribution in [2.75, 3.05) is 13.2 Å². The summed E-state index contributed by atoms with van der Waals surface area (Å²) in [4.78, 5) is 2.72. The molecule has 0 saturated carbocycles. The van der Waals surface area contributed by atoms with Crippen molar-refractivity contribution < 1.29 is 9.47 Å². The lowest BCUT2D eigenvalue weighted by Crippen LogP contribution is -2.03. The molecule has 0 aliphatic rings. The Morgan fingerprint density at radius 1 is 0.690 bits per heavy atom. The molecule has 0 unspecified atom stereocenters. The molecule has 0 aliphatic heterocycles. The van der Waals surface area contributed by atoms with Crippen LogP contribution in [0.15, 0.2) is 12.1 Å². The highest BCUT2D eigenvalue weighted by molar-refractivity contribution is 7.15. The number of aryl methyl sites for hydroxylation is 2. The van der Waals surface area contributed by atoms with E-state index in [0.29, 0.717) is 0 Å². The third kappa shape index (κ3) is 6.77. The van der Waals surface area contributed by atoms with E-state index in [9.17, 15) is 0 Å². The van der Waals surface area contributed by atoms with Crippen LogP contribution in [0.4, 0.5) is 0 Å². The molecule has 2 rings (SSSR count). The maximum absolute atomic E-state index is 6.31. The molecule has 162 valence electrons. The van der Waals surface area contributed by atoms with Gasteiger partial charge in [-0.05, 0) is 63.3 Å². The highest BCUT2D eigenvalue weighted by atomic mass is 32.1. The van der Waals surface area contributed by atoms with Crippen molar-refractivity contribution in [2.24, 2.45) is 0 Å². The molecule has 0 fully saturated rings. The van der Waals surface area contributed by atoms with Gasteiger partial charge in [-0.25, -0.2) is 0 Å². The Bertz CT molecular complexity index is 761. The number of unbranched alkanes of at least 4 members (excludes halogenated alkanes) is 6. The van der Waals surface area contributed by atoms with Gasteiger partial charge in [-0.1, -0.05) is 52.4 Å². The van der Waals surface area contributed by atoms with Crippen molar-refractivity contribution in [1.29, 1.82) is 0 Å². The van der Waals surface area contributed by atoms with Gasteiger partial charge in [0.05, 0.1) is 13.2 Å². The summed E-state index contributed by atoms with van der Waals surface area (Å²) in [5.41, 5.74) is 5.18. The molecule has 0 bridgehead atoms. The van der Waals surface area contributed by atoms with Gasteiger partial charge < -0.3 is 9.47 Å². The van der Waals surface area contributed by atoms with E-state index in [4.69, 9.17) is 9.47 Å². The zero-order chi connectivity index (χ0) is 21.2. The molecule has 0 aliphatic carbocycles. The van der Waals surface area contributed by atoms with E-state index in [1.54, 1.807) is 0 Å². The van der Waals surface area contributed by atoms with Gasteiger partial charge in [-0.3, -0.25) is 0 Å². The van der Waals surface area contributed by atoms with Crippen molar-refractivity contribution in [3.05, 3.63) is 33.7 Å². The second-order valence-electron chi connectivity index (χ2n) is 8.17. The van der Waals surface area contributed by atoms with Crippen LogP contribution in [0.2, 0.25) is 0 Å². The van der Waals surface area contributed by atoms with Crippen LogP contribution in [-0.2, 0) is 0 Å². The molecular weight excluding hydrogens is 376 g/mol. The first-order valence-electron chi connectivity index (χ1n) is 11.5. The Morgan fingerprint density at radius 3 is 1.79 bits per heavy atom. The second-order valence-corrected chi connectivity index (χ2v) is 9.39. The average molecular weight is 417 g/mol. The molecular formula is C26H40O2S. The summed E-state index contributed by atoms with van der Waals surface area (Å²) in [6.07, 6.45) is 9.75. The zero-order valence-electron chi connectivity index (χ0n) is 19.5. The van der Waals surface area contributed by atoms with Crippen molar-refractivity contribution in [3.8, 4) is 21.9 Å². The van der Waals surface area contributed by atoms with Gasteiger partial charge in [-0.2, -0.15) is 0 Å². The first-order valence-corrected chi connectivity index (χ1v) is 12.3. The van der Waals surface area contributed by atoms with Crippen molar-refractivity contribution >= 4 is 11.3 Å². The SMILES string of the molecule is CCCCCCOc1cc(OCCCCCC)c(-c2sc(C)c(C)c2C)cc1C. The summed E-state index contributed by atoms with van der Waals surface area (Å²) in [6.45, 7) is 14.8. The fourth-order valence-corrected chi connectivity index (χ4v) is 4.73. The maximum atomic E-state index is 6.31. The van der Waals surface area contributed by atoms with Gasteiger partial charge in [0.15, 0.2) is 0 Å². The monoisotopic (exact) mass is 416 g/mol. The molecule has 3 heteroatoms. The van der Waals surface area contributed by atoms with E-state index < -0.39 is 0 Å². The number of thiophene rings is 1. The second kappa shape index (κ2) is 12.3. The molecule has 0 spiro atoms. The summed E-state index contributed by atoms with van der Waals surface area (Å²) < 4.78 is 12.5. The van der Waals surface area contributed by atoms with Gasteiger partial charge >= 0.3 is 0 Å². The van der Waals surface area contributed by atoms with Crippen molar-refractivity contribution in [1.82, 2.24) is 0 Å². The van der Waals surface area contributed by atoms with E-state index in [1.807, 2.05) is 11.3 Å². The van der Waals surface area contributed by atoms with Crippen LogP contribution >= 0.6 is 11.3 Å². The fourth-order valence-electron chi connectivity index (χ4n) is 3.54. The predicted octanol–water partition coefficient (Wildman–Crippen LogP) is 8.57. The lowest BCUT2D eigenvalue weighted by molar-refractivity contribution is 0.290. The molecule has 2 nitrogen and oxygen atoms in total. The minimum atomic E-state index is 0.772. The third-order valence-electron chi connectivity index (χ3n) is 5.72. The predicted molar refractivity (Wildman–Crippen MR) is 128 cm³/mol. The summed E-state index contributed by atoms with van der Waals surface area (Å²) in [6, 6.07) is 4.40. The van der Waals surface area contributed by atoms with Crippen LogP contribution in [0.5, 0.6) is 11.5 Å². The minimum absolute atomic E-state index is 0.772. The van der Waals surface area contributed by atoms with Crippen LogP contribution in [-0.4, -0.2) is 13.2 Å². The Hall–Kier alpha value is -1.48. The van der Waals surface area contributed by atoms with Gasteiger partial charge in [0.2, 0.25) is 0 Å². The quantitative estimate of drug-likeness (QED) is 0.304. The van der Waals surface area contributed by atoms with Gasteiger partial charge in [0.25, 0.3) is 0 Å². The van der Waals surface area contributed by atoms with Crippen LogP contribution in [0.1, 0.15) is 86.8 Å². The van der Waals surface area contributed by atoms with Crippen LogP contribution in [0, 0.1) is 27.7 Å². The Kier molecular flexibility index (Phi) is 10.1. The zero-order valence-corrected chi connectivity index (χ0v) is 20.3. The molecule has 1 heterocycles. The van der Waals surface area contributed by atoms with E-state index in [1.165, 1.54) is 70.5 Å². The molecule has 0 atom stereocenters. The first kappa shape index (κ1) is 23.8. The largest absolute Gasteiger partial charge is 0.493 e. The summed E-state index contributed by atoms with van der Waals surface area (Å²) in [5.74, 6) is 1.94. The Labute approximate surface area is 182 Å². The number of ether oxygens (including phenoxy) is 2. The van der Waals surface area contributed by atoms with Gasteiger partial charge in [0.1, 0.15) is 11.5 Å². The van der Waals surface area contributed by atoms with E-state index in [0.717, 1.165) is 37.6 Å².